The van der Waals surface area contributed by atoms with Crippen molar-refractivity contribution in [2.24, 2.45) is 7.05 Å². The second-order valence-corrected chi connectivity index (χ2v) is 9.55. The highest BCUT2D eigenvalue weighted by Gasteiger charge is 2.35. The summed E-state index contributed by atoms with van der Waals surface area (Å²) in [6, 6.07) is 11.8. The third-order valence-corrected chi connectivity index (χ3v) is 7.17. The monoisotopic (exact) mass is 488 g/mol. The van der Waals surface area contributed by atoms with E-state index in [4.69, 9.17) is 4.98 Å². The number of rotatable bonds is 4. The second kappa shape index (κ2) is 9.18. The number of carbonyl (C=O) groups is 2. The van der Waals surface area contributed by atoms with Gasteiger partial charge < -0.3 is 9.80 Å². The Labute approximate surface area is 208 Å². The number of nitrogens with zero attached hydrogens (tertiary/aromatic N) is 6. The summed E-state index contributed by atoms with van der Waals surface area (Å²) < 4.78 is 1.29. The molecule has 0 spiro atoms. The van der Waals surface area contributed by atoms with Crippen LogP contribution in [0.3, 0.4) is 0 Å². The number of nitro groups is 1. The van der Waals surface area contributed by atoms with Gasteiger partial charge in [-0.1, -0.05) is 24.3 Å². The van der Waals surface area contributed by atoms with E-state index in [1.165, 1.54) is 22.7 Å². The Balaban J connectivity index is 1.34. The minimum Gasteiger partial charge on any atom is -0.337 e. The van der Waals surface area contributed by atoms with Crippen molar-refractivity contribution in [2.45, 2.75) is 45.7 Å². The molecule has 0 atom stereocenters. The summed E-state index contributed by atoms with van der Waals surface area (Å²) in [4.78, 5) is 46.0. The molecule has 10 nitrogen and oxygen atoms in total. The first-order valence-electron chi connectivity index (χ1n) is 12.1. The molecule has 2 aliphatic heterocycles. The Kier molecular flexibility index (Phi) is 6.03. The van der Waals surface area contributed by atoms with Crippen LogP contribution < -0.4 is 0 Å². The minimum atomic E-state index is -0.548. The topological polar surface area (TPSA) is 114 Å². The molecule has 186 valence electrons. The molecule has 0 saturated carbocycles. The van der Waals surface area contributed by atoms with Gasteiger partial charge in [0.25, 0.3) is 11.8 Å². The van der Waals surface area contributed by atoms with Crippen LogP contribution in [0.25, 0.3) is 0 Å². The molecule has 2 aliphatic rings. The summed E-state index contributed by atoms with van der Waals surface area (Å²) in [6.45, 7) is 5.44. The van der Waals surface area contributed by atoms with Crippen molar-refractivity contribution in [1.82, 2.24) is 24.6 Å². The summed E-state index contributed by atoms with van der Waals surface area (Å²) in [5.74, 6) is -0.416. The lowest BCUT2D eigenvalue weighted by molar-refractivity contribution is -0.385. The lowest BCUT2D eigenvalue weighted by atomic mass is 9.89. The molecule has 0 unspecified atom stereocenters. The third-order valence-electron chi connectivity index (χ3n) is 7.17. The predicted molar refractivity (Wildman–Crippen MR) is 131 cm³/mol. The zero-order valence-electron chi connectivity index (χ0n) is 20.6. The van der Waals surface area contributed by atoms with E-state index >= 15 is 0 Å². The van der Waals surface area contributed by atoms with Gasteiger partial charge in [-0.25, -0.2) is 0 Å². The first-order valence-corrected chi connectivity index (χ1v) is 12.1. The third kappa shape index (κ3) is 4.12. The number of likely N-dealkylation sites (tertiary alicyclic amines) is 1. The van der Waals surface area contributed by atoms with Crippen molar-refractivity contribution < 1.29 is 14.5 Å². The summed E-state index contributed by atoms with van der Waals surface area (Å²) in [5.41, 5.74) is 4.51. The Morgan fingerprint density at radius 3 is 2.22 bits per heavy atom. The van der Waals surface area contributed by atoms with Crippen molar-refractivity contribution in [1.29, 1.82) is 0 Å². The maximum absolute atomic E-state index is 13.5. The molecule has 0 radical (unpaired) electrons. The van der Waals surface area contributed by atoms with Crippen molar-refractivity contribution in [3.05, 3.63) is 86.0 Å². The number of amides is 2. The molecule has 0 aliphatic carbocycles. The highest BCUT2D eigenvalue weighted by Crippen LogP contribution is 2.33. The number of hydrogen-bond donors (Lipinski definition) is 0. The van der Waals surface area contributed by atoms with Crippen molar-refractivity contribution >= 4 is 17.5 Å². The summed E-state index contributed by atoms with van der Waals surface area (Å²) in [6.07, 6.45) is 1.24. The van der Waals surface area contributed by atoms with E-state index in [-0.39, 0.29) is 28.9 Å². The average molecular weight is 489 g/mol. The molecule has 2 aromatic heterocycles. The van der Waals surface area contributed by atoms with E-state index in [9.17, 15) is 19.7 Å². The molecule has 5 rings (SSSR count). The van der Waals surface area contributed by atoms with E-state index < -0.39 is 10.8 Å². The largest absolute Gasteiger partial charge is 0.337 e. The standard InChI is InChI=1S/C26H28N6O4/c1-16-8-9-21(25(33)31-14-19-6-4-5-7-20(19)15-31)22(27-16)18-10-12-30(13-11-18)26(34)24-23(32(35)36)17(2)28-29(24)3/h4-9,18H,10-15H2,1-3H3. The van der Waals surface area contributed by atoms with Gasteiger partial charge in [-0.15, -0.1) is 0 Å². The van der Waals surface area contributed by atoms with Gasteiger partial charge >= 0.3 is 5.69 Å². The molecule has 2 amide bonds. The van der Waals surface area contributed by atoms with Gasteiger partial charge in [0.2, 0.25) is 5.69 Å². The van der Waals surface area contributed by atoms with Crippen LogP contribution in [-0.4, -0.2) is 54.4 Å². The Bertz CT molecular complexity index is 1350. The minimum absolute atomic E-state index is 0.00547. The first kappa shape index (κ1) is 23.7. The highest BCUT2D eigenvalue weighted by atomic mass is 16.6. The molecule has 3 aromatic rings. The van der Waals surface area contributed by atoms with E-state index in [0.717, 1.165) is 11.4 Å². The van der Waals surface area contributed by atoms with Gasteiger partial charge in [0.1, 0.15) is 5.69 Å². The van der Waals surface area contributed by atoms with Crippen LogP contribution in [0.4, 0.5) is 5.69 Å². The van der Waals surface area contributed by atoms with Crippen LogP contribution >= 0.6 is 0 Å². The van der Waals surface area contributed by atoms with Crippen molar-refractivity contribution in [3.63, 3.8) is 0 Å². The number of aryl methyl sites for hydroxylation is 3. The Morgan fingerprint density at radius 2 is 1.61 bits per heavy atom. The zero-order chi connectivity index (χ0) is 25.6. The fourth-order valence-electron chi connectivity index (χ4n) is 5.33. The second-order valence-electron chi connectivity index (χ2n) is 9.55. The molecule has 4 heterocycles. The number of aromatic nitrogens is 3. The molecule has 0 N–H and O–H groups in total. The zero-order valence-corrected chi connectivity index (χ0v) is 20.6. The SMILES string of the molecule is Cc1ccc(C(=O)N2Cc3ccccc3C2)c(C2CCN(C(=O)c3c([N+](=O)[O-])c(C)nn3C)CC2)n1. The lowest BCUT2D eigenvalue weighted by Gasteiger charge is -2.32. The maximum Gasteiger partial charge on any atom is 0.322 e. The van der Waals surface area contributed by atoms with Gasteiger partial charge in [0.05, 0.1) is 16.2 Å². The molecular formula is C26H28N6O4. The van der Waals surface area contributed by atoms with Crippen molar-refractivity contribution in [3.8, 4) is 0 Å². The molecule has 36 heavy (non-hydrogen) atoms. The van der Waals surface area contributed by atoms with Crippen LogP contribution in [0.15, 0.2) is 36.4 Å². The van der Waals surface area contributed by atoms with Gasteiger partial charge in [-0.3, -0.25) is 29.4 Å². The predicted octanol–water partition coefficient (Wildman–Crippen LogP) is 3.52. The number of hydrogen-bond acceptors (Lipinski definition) is 6. The quantitative estimate of drug-likeness (QED) is 0.410. The van der Waals surface area contributed by atoms with Gasteiger partial charge in [0, 0.05) is 44.8 Å². The van der Waals surface area contributed by atoms with E-state index in [2.05, 4.69) is 17.2 Å². The summed E-state index contributed by atoms with van der Waals surface area (Å²) in [7, 11) is 1.55. The normalized spacial score (nSPS) is 15.8. The number of piperidine rings is 1. The van der Waals surface area contributed by atoms with Crippen LogP contribution in [0.1, 0.15) is 67.8 Å². The number of pyridine rings is 1. The first-order chi connectivity index (χ1) is 17.2. The van der Waals surface area contributed by atoms with Crippen LogP contribution in [0.5, 0.6) is 0 Å². The summed E-state index contributed by atoms with van der Waals surface area (Å²) >= 11 is 0. The lowest BCUT2D eigenvalue weighted by Crippen LogP contribution is -2.39. The fraction of sp³-hybridized carbons (Fsp3) is 0.385. The fourth-order valence-corrected chi connectivity index (χ4v) is 5.33. The van der Waals surface area contributed by atoms with E-state index in [0.29, 0.717) is 44.6 Å². The molecule has 1 aromatic carbocycles. The van der Waals surface area contributed by atoms with Crippen LogP contribution in [0.2, 0.25) is 0 Å². The van der Waals surface area contributed by atoms with Crippen LogP contribution in [-0.2, 0) is 20.1 Å². The number of carbonyl (C=O) groups excluding carboxylic acids is 2. The smallest absolute Gasteiger partial charge is 0.322 e. The Morgan fingerprint density at radius 1 is 0.972 bits per heavy atom. The molecule has 10 heteroatoms. The number of fused-ring (bicyclic) bond motifs is 1. The molecule has 1 fully saturated rings. The van der Waals surface area contributed by atoms with Gasteiger partial charge in [-0.05, 0) is 49.9 Å². The van der Waals surface area contributed by atoms with Crippen molar-refractivity contribution in [2.75, 3.05) is 13.1 Å². The van der Waals surface area contributed by atoms with Gasteiger partial charge in [0.15, 0.2) is 0 Å². The highest BCUT2D eigenvalue weighted by molar-refractivity contribution is 5.97. The average Bonchev–Trinajstić information content (AvgIpc) is 3.43. The molecular weight excluding hydrogens is 460 g/mol. The van der Waals surface area contributed by atoms with Gasteiger partial charge in [-0.2, -0.15) is 5.10 Å². The molecule has 1 saturated heterocycles. The molecule has 0 bridgehead atoms. The summed E-state index contributed by atoms with van der Waals surface area (Å²) in [5, 5.41) is 15.6. The number of benzene rings is 1. The maximum atomic E-state index is 13.5. The van der Waals surface area contributed by atoms with E-state index in [1.54, 1.807) is 11.9 Å². The van der Waals surface area contributed by atoms with E-state index in [1.807, 2.05) is 36.1 Å². The van der Waals surface area contributed by atoms with Crippen LogP contribution in [0, 0.1) is 24.0 Å². The Hall–Kier alpha value is -4.08.